The number of benzene rings is 2. The van der Waals surface area contributed by atoms with Gasteiger partial charge in [-0.05, 0) is 65.2 Å². The summed E-state index contributed by atoms with van der Waals surface area (Å²) in [7, 11) is 0. The first-order valence-electron chi connectivity index (χ1n) is 7.89. The van der Waals surface area contributed by atoms with E-state index >= 15 is 0 Å². The molecule has 0 saturated carbocycles. The quantitative estimate of drug-likeness (QED) is 0.690. The number of likely N-dealkylation sites (tertiary alicyclic amines) is 1. The lowest BCUT2D eigenvalue weighted by molar-refractivity contribution is -0.119. The van der Waals surface area contributed by atoms with Crippen molar-refractivity contribution in [2.75, 3.05) is 11.9 Å². The maximum Gasteiger partial charge on any atom is 0.254 e. The van der Waals surface area contributed by atoms with Crippen molar-refractivity contribution < 1.29 is 14.0 Å². The molecule has 1 atom stereocenters. The molecule has 2 aromatic rings. The molecule has 0 aliphatic carbocycles. The molecule has 1 unspecified atom stereocenters. The number of rotatable bonds is 3. The van der Waals surface area contributed by atoms with E-state index in [2.05, 4.69) is 21.2 Å². The summed E-state index contributed by atoms with van der Waals surface area (Å²) in [5.41, 5.74) is 0.826. The van der Waals surface area contributed by atoms with Crippen LogP contribution in [0, 0.1) is 5.82 Å². The standard InChI is InChI=1S/C18H14BrCl2FN2O2/c19-12-9-11(22)4-6-15(12)23-17(25)16-2-1-7-24(16)18(26)10-3-5-13(20)14(21)8-10/h3-6,8-9,16H,1-2,7H2,(H,23,25). The van der Waals surface area contributed by atoms with Gasteiger partial charge in [-0.1, -0.05) is 23.2 Å². The molecule has 1 aliphatic rings. The van der Waals surface area contributed by atoms with Crippen LogP contribution in [0.1, 0.15) is 23.2 Å². The maximum absolute atomic E-state index is 13.2. The van der Waals surface area contributed by atoms with E-state index in [0.717, 1.165) is 6.42 Å². The van der Waals surface area contributed by atoms with E-state index in [9.17, 15) is 14.0 Å². The number of halogens is 4. The molecule has 2 amide bonds. The highest BCUT2D eigenvalue weighted by Gasteiger charge is 2.34. The zero-order valence-electron chi connectivity index (χ0n) is 13.4. The second-order valence-electron chi connectivity index (χ2n) is 5.90. The number of hydrogen-bond donors (Lipinski definition) is 1. The van der Waals surface area contributed by atoms with Crippen molar-refractivity contribution in [3.63, 3.8) is 0 Å². The SMILES string of the molecule is O=C(Nc1ccc(F)cc1Br)C1CCCN1C(=O)c1ccc(Cl)c(Cl)c1. The molecule has 1 fully saturated rings. The van der Waals surface area contributed by atoms with Gasteiger partial charge in [0.05, 0.1) is 15.7 Å². The largest absolute Gasteiger partial charge is 0.327 e. The van der Waals surface area contributed by atoms with Crippen LogP contribution in [0.3, 0.4) is 0 Å². The zero-order valence-corrected chi connectivity index (χ0v) is 16.5. The van der Waals surface area contributed by atoms with Gasteiger partial charge in [0.2, 0.25) is 5.91 Å². The van der Waals surface area contributed by atoms with E-state index in [4.69, 9.17) is 23.2 Å². The van der Waals surface area contributed by atoms with Gasteiger partial charge in [0, 0.05) is 16.6 Å². The highest BCUT2D eigenvalue weighted by Crippen LogP contribution is 2.28. The number of anilines is 1. The van der Waals surface area contributed by atoms with E-state index in [1.165, 1.54) is 29.2 Å². The predicted octanol–water partition coefficient (Wildman–Crippen LogP) is 5.14. The number of carbonyl (C=O) groups is 2. The molecule has 0 spiro atoms. The van der Waals surface area contributed by atoms with Crippen LogP contribution in [0.5, 0.6) is 0 Å². The molecular formula is C18H14BrCl2FN2O2. The van der Waals surface area contributed by atoms with E-state index in [-0.39, 0.29) is 16.8 Å². The first-order valence-corrected chi connectivity index (χ1v) is 9.43. The van der Waals surface area contributed by atoms with Crippen LogP contribution < -0.4 is 5.32 Å². The average Bonchev–Trinajstić information content (AvgIpc) is 3.09. The Morgan fingerprint density at radius 3 is 2.62 bits per heavy atom. The van der Waals surface area contributed by atoms with Crippen molar-refractivity contribution >= 4 is 56.6 Å². The fourth-order valence-corrected chi connectivity index (χ4v) is 3.63. The number of hydrogen-bond acceptors (Lipinski definition) is 2. The van der Waals surface area contributed by atoms with Crippen molar-refractivity contribution in [3.05, 3.63) is 62.3 Å². The average molecular weight is 460 g/mol. The number of amides is 2. The summed E-state index contributed by atoms with van der Waals surface area (Å²) in [5.74, 6) is -1.00. The lowest BCUT2D eigenvalue weighted by Gasteiger charge is -2.24. The zero-order chi connectivity index (χ0) is 18.8. The minimum atomic E-state index is -0.603. The van der Waals surface area contributed by atoms with Crippen LogP contribution in [-0.2, 0) is 4.79 Å². The Bertz CT molecular complexity index is 878. The van der Waals surface area contributed by atoms with E-state index < -0.39 is 11.9 Å². The first kappa shape index (κ1) is 19.1. The molecular weight excluding hydrogens is 446 g/mol. The van der Waals surface area contributed by atoms with Crippen molar-refractivity contribution in [2.45, 2.75) is 18.9 Å². The topological polar surface area (TPSA) is 49.4 Å². The van der Waals surface area contributed by atoms with Crippen LogP contribution in [0.15, 0.2) is 40.9 Å². The van der Waals surface area contributed by atoms with Gasteiger partial charge < -0.3 is 10.2 Å². The van der Waals surface area contributed by atoms with Crippen molar-refractivity contribution in [1.82, 2.24) is 4.90 Å². The predicted molar refractivity (Wildman–Crippen MR) is 103 cm³/mol. The molecule has 26 heavy (non-hydrogen) atoms. The van der Waals surface area contributed by atoms with Gasteiger partial charge in [0.15, 0.2) is 0 Å². The van der Waals surface area contributed by atoms with Crippen molar-refractivity contribution in [3.8, 4) is 0 Å². The van der Waals surface area contributed by atoms with Crippen molar-refractivity contribution in [1.29, 1.82) is 0 Å². The lowest BCUT2D eigenvalue weighted by atomic mass is 10.1. The third kappa shape index (κ3) is 4.03. The Kier molecular flexibility index (Phi) is 5.85. The Morgan fingerprint density at radius 1 is 1.15 bits per heavy atom. The molecule has 1 saturated heterocycles. The normalized spacial score (nSPS) is 16.6. The summed E-state index contributed by atoms with van der Waals surface area (Å²) in [6, 6.07) is 8.02. The molecule has 0 radical (unpaired) electrons. The Labute approximate surface area is 168 Å². The summed E-state index contributed by atoms with van der Waals surface area (Å²) in [6.07, 6.45) is 1.27. The molecule has 4 nitrogen and oxygen atoms in total. The summed E-state index contributed by atoms with van der Waals surface area (Å²) in [6.45, 7) is 0.474. The summed E-state index contributed by atoms with van der Waals surface area (Å²) in [5, 5.41) is 3.39. The first-order chi connectivity index (χ1) is 12.4. The molecule has 3 rings (SSSR count). The summed E-state index contributed by atoms with van der Waals surface area (Å²) >= 11 is 15.1. The monoisotopic (exact) mass is 458 g/mol. The van der Waals surface area contributed by atoms with Gasteiger partial charge in [-0.15, -0.1) is 0 Å². The van der Waals surface area contributed by atoms with Crippen LogP contribution in [0.4, 0.5) is 10.1 Å². The molecule has 0 aromatic heterocycles. The van der Waals surface area contributed by atoms with Gasteiger partial charge >= 0.3 is 0 Å². The highest BCUT2D eigenvalue weighted by atomic mass is 79.9. The van der Waals surface area contributed by atoms with Gasteiger partial charge in [-0.2, -0.15) is 0 Å². The summed E-state index contributed by atoms with van der Waals surface area (Å²) < 4.78 is 13.6. The van der Waals surface area contributed by atoms with Crippen LogP contribution in [0.2, 0.25) is 10.0 Å². The van der Waals surface area contributed by atoms with Gasteiger partial charge in [-0.3, -0.25) is 9.59 Å². The van der Waals surface area contributed by atoms with Crippen molar-refractivity contribution in [2.24, 2.45) is 0 Å². The molecule has 136 valence electrons. The van der Waals surface area contributed by atoms with Crippen LogP contribution in [-0.4, -0.2) is 29.3 Å². The van der Waals surface area contributed by atoms with E-state index in [1.54, 1.807) is 12.1 Å². The maximum atomic E-state index is 13.2. The molecule has 1 aliphatic heterocycles. The third-order valence-electron chi connectivity index (χ3n) is 4.17. The molecule has 2 aromatic carbocycles. The fraction of sp³-hybridized carbons (Fsp3) is 0.222. The van der Waals surface area contributed by atoms with E-state index in [0.29, 0.717) is 33.7 Å². The second kappa shape index (κ2) is 7.94. The van der Waals surface area contributed by atoms with Gasteiger partial charge in [0.25, 0.3) is 5.91 Å². The lowest BCUT2D eigenvalue weighted by Crippen LogP contribution is -2.43. The Hall–Kier alpha value is -1.63. The molecule has 1 heterocycles. The van der Waals surface area contributed by atoms with Crippen LogP contribution in [0.25, 0.3) is 0 Å². The minimum Gasteiger partial charge on any atom is -0.327 e. The number of carbonyl (C=O) groups excluding carboxylic acids is 2. The Morgan fingerprint density at radius 2 is 1.92 bits per heavy atom. The molecule has 0 bridgehead atoms. The van der Waals surface area contributed by atoms with Crippen LogP contribution >= 0.6 is 39.1 Å². The highest BCUT2D eigenvalue weighted by molar-refractivity contribution is 9.10. The smallest absolute Gasteiger partial charge is 0.254 e. The number of nitrogens with one attached hydrogen (secondary N) is 1. The second-order valence-corrected chi connectivity index (χ2v) is 7.57. The fourth-order valence-electron chi connectivity index (χ4n) is 2.88. The Balaban J connectivity index is 1.77. The molecule has 8 heteroatoms. The number of nitrogens with zero attached hydrogens (tertiary/aromatic N) is 1. The third-order valence-corrected chi connectivity index (χ3v) is 5.57. The minimum absolute atomic E-state index is 0.278. The summed E-state index contributed by atoms with van der Waals surface area (Å²) in [4.78, 5) is 26.9. The van der Waals surface area contributed by atoms with E-state index in [1.807, 2.05) is 0 Å². The van der Waals surface area contributed by atoms with Gasteiger partial charge in [0.1, 0.15) is 11.9 Å². The van der Waals surface area contributed by atoms with Gasteiger partial charge in [-0.25, -0.2) is 4.39 Å². The molecule has 1 N–H and O–H groups in total.